The zero-order valence-corrected chi connectivity index (χ0v) is 36.9. The van der Waals surface area contributed by atoms with Gasteiger partial charge in [-0.15, -0.1) is 0 Å². The van der Waals surface area contributed by atoms with Crippen molar-refractivity contribution in [1.82, 2.24) is 0 Å². The van der Waals surface area contributed by atoms with Crippen LogP contribution >= 0.6 is 0 Å². The number of hydrogen-bond donors (Lipinski definition) is 0. The molecule has 0 aliphatic carbocycles. The third-order valence-electron chi connectivity index (χ3n) is 8.25. The van der Waals surface area contributed by atoms with Gasteiger partial charge in [0.15, 0.2) is 42.1 Å². The minimum absolute atomic E-state index is 0.0884. The topological polar surface area (TPSA) is 114 Å². The lowest BCUT2D eigenvalue weighted by atomic mass is 10.1. The largest absolute Gasteiger partial charge is 0.743 e. The summed E-state index contributed by atoms with van der Waals surface area (Å²) in [4.78, 5) is 4.07. The molecule has 0 saturated carbocycles. The zero-order valence-electron chi connectivity index (χ0n) is 32.3. The average Bonchev–Trinajstić information content (AvgIpc) is 3.22. The second-order valence-corrected chi connectivity index (χ2v) is 20.9. The maximum atomic E-state index is 12.2. The van der Waals surface area contributed by atoms with Crippen LogP contribution in [-0.2, 0) is 37.6 Å². The Hall–Kier alpha value is -4.26. The van der Waals surface area contributed by atoms with Crippen LogP contribution in [0.5, 0.6) is 0 Å². The van der Waals surface area contributed by atoms with Crippen LogP contribution in [0.2, 0.25) is 0 Å². The Labute approximate surface area is 381 Å². The van der Waals surface area contributed by atoms with Gasteiger partial charge in [0, 0.05) is 0 Å². The summed E-state index contributed by atoms with van der Waals surface area (Å²) in [6, 6.07) is 50.9. The van der Waals surface area contributed by atoms with Gasteiger partial charge in [-0.1, -0.05) is 78.9 Å². The van der Waals surface area contributed by atoms with Gasteiger partial charge in [0.05, 0.1) is 10.9 Å². The van der Waals surface area contributed by atoms with Gasteiger partial charge in [0.25, 0.3) is 0 Å². The van der Waals surface area contributed by atoms with Gasteiger partial charge in [0.1, 0.15) is 0 Å². The predicted octanol–water partition coefficient (Wildman–Crippen LogP) is 8.42. The summed E-state index contributed by atoms with van der Waals surface area (Å²) in [7, 11) is -14.9. The maximum absolute atomic E-state index is 12.2. The van der Waals surface area contributed by atoms with E-state index in [4.69, 9.17) is 0 Å². The molecule has 0 atom stereocenters. The van der Waals surface area contributed by atoms with Gasteiger partial charge in [0.2, 0.25) is 0 Å². The van der Waals surface area contributed by atoms with Crippen molar-refractivity contribution >= 4 is 31.1 Å². The van der Waals surface area contributed by atoms with Gasteiger partial charge in [-0.2, -0.15) is 79.0 Å². The second kappa shape index (κ2) is 20.8. The fraction of sp³-hybridized carbons (Fsp3) is 0.231. The highest BCUT2D eigenvalue weighted by atomic mass is 127. The van der Waals surface area contributed by atoms with Crippen LogP contribution in [0.3, 0.4) is 0 Å². The molecule has 0 saturated heterocycles. The maximum Gasteiger partial charge on any atom is 0.460 e. The SMILES string of the molecule is O=S(=O)([O-])C(F)(F)C(F)(F)C(F)(F)C(F)(F)F.O=S(=O)([O-])C(F)(F)C(F)(F)C(F)(F)C(F)(F)F.c1ccc([I+]c2ccc(Cc3ccc([S+](c4ccccc4)c4ccccc4)cc3)cc2)cc1. The minimum Gasteiger partial charge on any atom is -0.743 e. The molecule has 0 aliphatic heterocycles. The summed E-state index contributed by atoms with van der Waals surface area (Å²) in [5, 5.41) is -14.2. The van der Waals surface area contributed by atoms with Crippen LogP contribution in [0.1, 0.15) is 11.1 Å². The third-order valence-corrected chi connectivity index (χ3v) is 14.9. The van der Waals surface area contributed by atoms with Crippen molar-refractivity contribution in [2.45, 2.75) is 67.7 Å². The minimum atomic E-state index is -7.43. The lowest BCUT2D eigenvalue weighted by Crippen LogP contribution is -3.61. The molecular weight excluding hydrogens is 1130 g/mol. The molecule has 0 unspecified atom stereocenters. The number of alkyl halides is 18. The van der Waals surface area contributed by atoms with E-state index in [2.05, 4.69) is 140 Å². The molecule has 5 rings (SSSR count). The van der Waals surface area contributed by atoms with Crippen LogP contribution < -0.4 is 21.2 Å². The normalized spacial score (nSPS) is 13.6. The Morgan fingerprint density at radius 2 is 0.642 bits per heavy atom. The van der Waals surface area contributed by atoms with Crippen LogP contribution in [0.15, 0.2) is 154 Å². The first-order valence-electron chi connectivity index (χ1n) is 17.4. The second-order valence-electron chi connectivity index (χ2n) is 13.0. The van der Waals surface area contributed by atoms with Crippen molar-refractivity contribution in [2.24, 2.45) is 0 Å². The monoisotopic (exact) mass is 1150 g/mol. The average molecular weight is 1150 g/mol. The van der Waals surface area contributed by atoms with Crippen LogP contribution in [0.4, 0.5) is 79.0 Å². The van der Waals surface area contributed by atoms with Crippen LogP contribution in [-0.4, -0.2) is 72.5 Å². The van der Waals surface area contributed by atoms with E-state index in [0.29, 0.717) is 0 Å². The summed E-state index contributed by atoms with van der Waals surface area (Å²) in [6.07, 6.45) is -13.4. The van der Waals surface area contributed by atoms with Crippen LogP contribution in [0, 0.1) is 7.14 Å². The molecule has 0 fully saturated rings. The van der Waals surface area contributed by atoms with Crippen LogP contribution in [0.25, 0.3) is 0 Å². The highest BCUT2D eigenvalue weighted by Gasteiger charge is 2.85. The molecule has 0 aromatic heterocycles. The molecule has 0 amide bonds. The molecule has 0 N–H and O–H groups in total. The van der Waals surface area contributed by atoms with Gasteiger partial charge >= 0.3 is 67.8 Å². The van der Waals surface area contributed by atoms with Gasteiger partial charge < -0.3 is 9.11 Å². The molecule has 67 heavy (non-hydrogen) atoms. The summed E-state index contributed by atoms with van der Waals surface area (Å²) in [5.74, 6) is -29.6. The molecule has 0 aliphatic rings. The van der Waals surface area contributed by atoms with Gasteiger partial charge in [-0.05, 0) is 78.2 Å². The number of halogens is 19. The van der Waals surface area contributed by atoms with Crippen molar-refractivity contribution in [3.8, 4) is 0 Å². The molecule has 6 nitrogen and oxygen atoms in total. The van der Waals surface area contributed by atoms with Crippen molar-refractivity contribution in [2.75, 3.05) is 0 Å². The third kappa shape index (κ3) is 12.7. The highest BCUT2D eigenvalue weighted by molar-refractivity contribution is 7.97. The predicted molar refractivity (Wildman–Crippen MR) is 196 cm³/mol. The highest BCUT2D eigenvalue weighted by Crippen LogP contribution is 2.55. The standard InChI is InChI=1S/C31H25IS.2C4HF9O3S/c1-4-10-27(11-5-1)32-28-20-16-25(17-21-28)24-26-18-22-31(23-19-26)33(29-12-6-2-7-13-29)30-14-8-3-9-15-30;2*5-1(6,3(9,10)11)2(7,8)4(12,13)17(14,15)16/h1-23H,24H2;2*(H,14,15,16)/q+2;;/p-2. The summed E-state index contributed by atoms with van der Waals surface area (Å²) >= 11 is -0.101. The van der Waals surface area contributed by atoms with E-state index < -0.39 is 66.8 Å². The van der Waals surface area contributed by atoms with Gasteiger partial charge in [-0.25, -0.2) is 16.8 Å². The summed E-state index contributed by atoms with van der Waals surface area (Å²) < 4.78 is 274. The fourth-order valence-electron chi connectivity index (χ4n) is 4.80. The Kier molecular flexibility index (Phi) is 17.7. The molecule has 368 valence electrons. The van der Waals surface area contributed by atoms with Crippen molar-refractivity contribution < 1.29 is 126 Å². The lowest BCUT2D eigenvalue weighted by Gasteiger charge is -2.34. The molecule has 0 bridgehead atoms. The van der Waals surface area contributed by atoms with E-state index in [1.807, 2.05) is 0 Å². The van der Waals surface area contributed by atoms with E-state index in [1.54, 1.807) is 0 Å². The Morgan fingerprint density at radius 3 is 0.940 bits per heavy atom. The molecule has 28 heteroatoms. The van der Waals surface area contributed by atoms with E-state index in [-0.39, 0.29) is 32.1 Å². The quantitative estimate of drug-likeness (QED) is 0.0507. The van der Waals surface area contributed by atoms with Crippen molar-refractivity contribution in [3.05, 3.63) is 158 Å². The van der Waals surface area contributed by atoms with E-state index in [9.17, 15) is 105 Å². The molecule has 0 radical (unpaired) electrons. The van der Waals surface area contributed by atoms with E-state index in [0.717, 1.165) is 6.42 Å². The zero-order chi connectivity index (χ0) is 51.3. The molecule has 5 aromatic carbocycles. The smallest absolute Gasteiger partial charge is 0.460 e. The van der Waals surface area contributed by atoms with Gasteiger partial charge in [-0.3, -0.25) is 0 Å². The van der Waals surface area contributed by atoms with Crippen molar-refractivity contribution in [3.63, 3.8) is 0 Å². The summed E-state index contributed by atoms with van der Waals surface area (Å²) in [5.41, 5.74) is 2.72. The molecular formula is C39H25F18IO6S3. The Bertz CT molecular complexity index is 2490. The first-order valence-corrected chi connectivity index (χ1v) is 23.6. The number of benzene rings is 5. The van der Waals surface area contributed by atoms with E-state index in [1.165, 1.54) is 33.0 Å². The summed E-state index contributed by atoms with van der Waals surface area (Å²) in [6.45, 7) is 0. The fourth-order valence-corrected chi connectivity index (χ4v) is 9.99. The number of rotatable bonds is 13. The Morgan fingerprint density at radius 1 is 0.373 bits per heavy atom. The first kappa shape index (κ1) is 57.1. The molecule has 0 heterocycles. The van der Waals surface area contributed by atoms with Crippen molar-refractivity contribution in [1.29, 1.82) is 0 Å². The van der Waals surface area contributed by atoms with E-state index >= 15 is 0 Å². The Balaban J connectivity index is 0.000000298. The molecule has 0 spiro atoms. The first-order chi connectivity index (χ1) is 30.3. The lowest BCUT2D eigenvalue weighted by molar-refractivity contribution is -0.597. The number of hydrogen-bond acceptors (Lipinski definition) is 6. The molecule has 5 aromatic rings.